The number of halogens is 4. The van der Waals surface area contributed by atoms with Gasteiger partial charge in [-0.15, -0.1) is 12.4 Å². The second kappa shape index (κ2) is 6.05. The van der Waals surface area contributed by atoms with Crippen molar-refractivity contribution in [3.63, 3.8) is 0 Å². The highest BCUT2D eigenvalue weighted by atomic mass is 35.5. The van der Waals surface area contributed by atoms with Crippen LogP contribution in [-0.4, -0.2) is 35.6 Å². The van der Waals surface area contributed by atoms with E-state index in [1.54, 1.807) is 13.0 Å². The summed E-state index contributed by atoms with van der Waals surface area (Å²) in [6, 6.07) is -0.679. The maximum absolute atomic E-state index is 13.0. The largest absolute Gasteiger partial charge is 0.459 e. The minimum Gasteiger partial charge on any atom is -0.459 e. The number of carbonyl (C=O) groups excluding carboxylic acids is 1. The van der Waals surface area contributed by atoms with Crippen LogP contribution in [0, 0.1) is 6.92 Å². The van der Waals surface area contributed by atoms with E-state index in [0.29, 0.717) is 5.56 Å². The van der Waals surface area contributed by atoms with Gasteiger partial charge in [-0.3, -0.25) is 4.79 Å². The highest BCUT2D eigenvalue weighted by Crippen LogP contribution is 2.32. The quantitative estimate of drug-likeness (QED) is 0.867. The first-order chi connectivity index (χ1) is 8.80. The molecule has 4 nitrogen and oxygen atoms in total. The first-order valence-corrected chi connectivity index (χ1v) is 5.98. The van der Waals surface area contributed by atoms with Gasteiger partial charge in [-0.1, -0.05) is 0 Å². The molecule has 1 amide bonds. The molecule has 8 heteroatoms. The monoisotopic (exact) mass is 312 g/mol. The molecule has 2 atom stereocenters. The van der Waals surface area contributed by atoms with Crippen LogP contribution in [0.4, 0.5) is 13.2 Å². The average molecular weight is 313 g/mol. The number of aryl methyl sites for hydroxylation is 1. The normalized spacial score (nSPS) is 23.4. The van der Waals surface area contributed by atoms with Gasteiger partial charge < -0.3 is 15.1 Å². The Morgan fingerprint density at radius 2 is 2.10 bits per heavy atom. The van der Waals surface area contributed by atoms with Crippen molar-refractivity contribution in [1.29, 1.82) is 0 Å². The van der Waals surface area contributed by atoms with Crippen LogP contribution in [0.3, 0.4) is 0 Å². The van der Waals surface area contributed by atoms with Gasteiger partial charge in [0.1, 0.15) is 6.04 Å². The van der Waals surface area contributed by atoms with Crippen molar-refractivity contribution in [1.82, 2.24) is 4.90 Å². The highest BCUT2D eigenvalue weighted by Gasteiger charge is 2.48. The van der Waals surface area contributed by atoms with Gasteiger partial charge in [-0.2, -0.15) is 13.2 Å². The molecule has 1 aliphatic heterocycles. The van der Waals surface area contributed by atoms with Gasteiger partial charge in [0.05, 0.1) is 6.26 Å². The summed E-state index contributed by atoms with van der Waals surface area (Å²) in [6.07, 6.45) is -3.08. The number of nitrogens with two attached hydrogens (primary N) is 1. The standard InChI is InChI=1S/C12H15F3N2O2.ClH/c1-7-4-5-19-10(7)11(18)17-6-8(16)2-3-9(17)12(13,14)15;/h4-5,8-9H,2-3,6,16H2,1H3;1H. The molecule has 2 rings (SSSR count). The van der Waals surface area contributed by atoms with Gasteiger partial charge >= 0.3 is 6.18 Å². The molecular formula is C12H16ClF3N2O2. The lowest BCUT2D eigenvalue weighted by atomic mass is 9.97. The number of nitrogens with zero attached hydrogens (tertiary/aromatic N) is 1. The minimum absolute atomic E-state index is 0. The molecule has 1 aliphatic rings. The molecule has 0 aromatic carbocycles. The third-order valence-corrected chi connectivity index (χ3v) is 3.31. The molecule has 114 valence electrons. The predicted octanol–water partition coefficient (Wildman–Crippen LogP) is 2.50. The average Bonchev–Trinajstić information content (AvgIpc) is 2.72. The van der Waals surface area contributed by atoms with E-state index in [9.17, 15) is 18.0 Å². The number of hydrogen-bond acceptors (Lipinski definition) is 3. The SMILES string of the molecule is Cc1ccoc1C(=O)N1CC(N)CCC1C(F)(F)F.Cl. The first kappa shape index (κ1) is 16.8. The van der Waals surface area contributed by atoms with Gasteiger partial charge in [0.2, 0.25) is 0 Å². The van der Waals surface area contributed by atoms with Crippen LogP contribution in [0.2, 0.25) is 0 Å². The van der Waals surface area contributed by atoms with Gasteiger partial charge in [-0.05, 0) is 25.8 Å². The minimum atomic E-state index is -4.45. The van der Waals surface area contributed by atoms with E-state index >= 15 is 0 Å². The van der Waals surface area contributed by atoms with Crippen molar-refractivity contribution in [2.24, 2.45) is 5.73 Å². The third-order valence-electron chi connectivity index (χ3n) is 3.31. The number of alkyl halides is 3. The summed E-state index contributed by atoms with van der Waals surface area (Å²) in [7, 11) is 0. The molecule has 2 N–H and O–H groups in total. The Bertz CT molecular complexity index is 476. The van der Waals surface area contributed by atoms with Crippen LogP contribution in [0.1, 0.15) is 29.0 Å². The second-order valence-electron chi connectivity index (χ2n) is 4.79. The van der Waals surface area contributed by atoms with Crippen molar-refractivity contribution in [2.45, 2.75) is 38.0 Å². The van der Waals surface area contributed by atoms with Gasteiger partial charge in [0, 0.05) is 18.2 Å². The fourth-order valence-electron chi connectivity index (χ4n) is 2.29. The molecule has 1 aromatic rings. The van der Waals surface area contributed by atoms with Crippen molar-refractivity contribution in [3.05, 3.63) is 23.7 Å². The molecule has 0 saturated carbocycles. The van der Waals surface area contributed by atoms with Crippen molar-refractivity contribution >= 4 is 18.3 Å². The lowest BCUT2D eigenvalue weighted by Gasteiger charge is -2.38. The smallest absolute Gasteiger partial charge is 0.408 e. The number of likely N-dealkylation sites (tertiary alicyclic amines) is 1. The number of furan rings is 1. The van der Waals surface area contributed by atoms with Crippen molar-refractivity contribution in [2.75, 3.05) is 6.54 Å². The summed E-state index contributed by atoms with van der Waals surface area (Å²) in [5.74, 6) is -0.802. The summed E-state index contributed by atoms with van der Waals surface area (Å²) >= 11 is 0. The maximum Gasteiger partial charge on any atom is 0.408 e. The van der Waals surface area contributed by atoms with Crippen LogP contribution in [0.5, 0.6) is 0 Å². The van der Waals surface area contributed by atoms with Crippen LogP contribution in [-0.2, 0) is 0 Å². The topological polar surface area (TPSA) is 59.5 Å². The molecule has 0 bridgehead atoms. The summed E-state index contributed by atoms with van der Waals surface area (Å²) in [6.45, 7) is 1.51. The molecule has 0 spiro atoms. The van der Waals surface area contributed by atoms with Gasteiger partial charge in [0.15, 0.2) is 5.76 Å². The van der Waals surface area contributed by atoms with E-state index in [1.165, 1.54) is 6.26 Å². The van der Waals surface area contributed by atoms with Crippen LogP contribution >= 0.6 is 12.4 Å². The lowest BCUT2D eigenvalue weighted by Crippen LogP contribution is -2.56. The van der Waals surface area contributed by atoms with E-state index in [1.807, 2.05) is 0 Å². The second-order valence-corrected chi connectivity index (χ2v) is 4.79. The summed E-state index contributed by atoms with van der Waals surface area (Å²) in [5.41, 5.74) is 6.19. The maximum atomic E-state index is 13.0. The zero-order chi connectivity index (χ0) is 14.2. The highest BCUT2D eigenvalue weighted by molar-refractivity contribution is 5.93. The number of piperidine rings is 1. The van der Waals surface area contributed by atoms with E-state index < -0.39 is 24.2 Å². The summed E-state index contributed by atoms with van der Waals surface area (Å²) < 4.78 is 43.8. The molecule has 0 aliphatic carbocycles. The Balaban J connectivity index is 0.00000200. The predicted molar refractivity (Wildman–Crippen MR) is 68.8 cm³/mol. The van der Waals surface area contributed by atoms with Gasteiger partial charge in [-0.25, -0.2) is 0 Å². The molecule has 2 unspecified atom stereocenters. The first-order valence-electron chi connectivity index (χ1n) is 5.98. The Morgan fingerprint density at radius 1 is 1.45 bits per heavy atom. The van der Waals surface area contributed by atoms with Gasteiger partial charge in [0.25, 0.3) is 5.91 Å². The Hall–Kier alpha value is -1.21. The number of carbonyl (C=O) groups is 1. The van der Waals surface area contributed by atoms with Crippen LogP contribution < -0.4 is 5.73 Å². The van der Waals surface area contributed by atoms with E-state index in [2.05, 4.69) is 0 Å². The number of amides is 1. The molecule has 20 heavy (non-hydrogen) atoms. The molecule has 1 saturated heterocycles. The Morgan fingerprint density at radius 3 is 2.60 bits per heavy atom. The molecular weight excluding hydrogens is 297 g/mol. The van der Waals surface area contributed by atoms with E-state index in [0.717, 1.165) is 4.90 Å². The van der Waals surface area contributed by atoms with E-state index in [-0.39, 0.29) is 37.6 Å². The van der Waals surface area contributed by atoms with E-state index in [4.69, 9.17) is 10.2 Å². The Kier molecular flexibility index (Phi) is 5.10. The van der Waals surface area contributed by atoms with Crippen molar-refractivity contribution < 1.29 is 22.4 Å². The number of hydrogen-bond donors (Lipinski definition) is 1. The Labute approximate surface area is 120 Å². The molecule has 1 aromatic heterocycles. The summed E-state index contributed by atoms with van der Waals surface area (Å²) in [4.78, 5) is 12.9. The lowest BCUT2D eigenvalue weighted by molar-refractivity contribution is -0.184. The van der Waals surface area contributed by atoms with Crippen LogP contribution in [0.25, 0.3) is 0 Å². The fraction of sp³-hybridized carbons (Fsp3) is 0.583. The molecule has 2 heterocycles. The van der Waals surface area contributed by atoms with Crippen LogP contribution in [0.15, 0.2) is 16.7 Å². The zero-order valence-electron chi connectivity index (χ0n) is 10.8. The fourth-order valence-corrected chi connectivity index (χ4v) is 2.29. The number of rotatable bonds is 1. The third kappa shape index (κ3) is 3.27. The molecule has 0 radical (unpaired) electrons. The van der Waals surface area contributed by atoms with Crippen molar-refractivity contribution in [3.8, 4) is 0 Å². The molecule has 1 fully saturated rings. The zero-order valence-corrected chi connectivity index (χ0v) is 11.6. The summed E-state index contributed by atoms with van der Waals surface area (Å²) in [5, 5.41) is 0.